The number of nitrogens with two attached hydrogens (primary N) is 1. The van der Waals surface area contributed by atoms with Crippen LogP contribution < -0.4 is 5.73 Å². The monoisotopic (exact) mass is 218 g/mol. The third-order valence-electron chi connectivity index (χ3n) is 2.70. The molecule has 1 aliphatic carbocycles. The van der Waals surface area contributed by atoms with Gasteiger partial charge in [-0.15, -0.1) is 0 Å². The number of hydrogen-bond donors (Lipinski definition) is 2. The van der Waals surface area contributed by atoms with Gasteiger partial charge in [0.25, 0.3) is 0 Å². The van der Waals surface area contributed by atoms with Gasteiger partial charge in [0.1, 0.15) is 11.6 Å². The molecule has 4 nitrogen and oxygen atoms in total. The number of nitrogens with one attached hydrogen (secondary N) is 1. The minimum atomic E-state index is -0.388. The van der Waals surface area contributed by atoms with Gasteiger partial charge >= 0.3 is 0 Å². The van der Waals surface area contributed by atoms with Crippen LogP contribution in [0.5, 0.6) is 0 Å². The number of H-pyrrole nitrogens is 1. The Morgan fingerprint density at radius 3 is 2.88 bits per heavy atom. The van der Waals surface area contributed by atoms with Gasteiger partial charge in [0, 0.05) is 11.6 Å². The second-order valence-corrected chi connectivity index (χ2v) is 4.06. The first-order valence-electron chi connectivity index (χ1n) is 5.22. The van der Waals surface area contributed by atoms with E-state index in [1.165, 1.54) is 6.07 Å². The maximum Gasteiger partial charge on any atom is 0.184 e. The number of benzene rings is 1. The van der Waals surface area contributed by atoms with E-state index >= 15 is 0 Å². The average Bonchev–Trinajstić information content (AvgIpc) is 2.98. The molecule has 0 amide bonds. The summed E-state index contributed by atoms with van der Waals surface area (Å²) in [5.74, 6) is 1.35. The van der Waals surface area contributed by atoms with Crippen molar-refractivity contribution in [3.8, 4) is 11.4 Å². The number of anilines is 1. The van der Waals surface area contributed by atoms with Gasteiger partial charge in [-0.1, -0.05) is 0 Å². The van der Waals surface area contributed by atoms with Crippen molar-refractivity contribution in [1.82, 2.24) is 15.2 Å². The molecule has 1 aromatic carbocycles. The Labute approximate surface area is 91.7 Å². The van der Waals surface area contributed by atoms with Crippen molar-refractivity contribution < 1.29 is 4.39 Å². The van der Waals surface area contributed by atoms with Crippen molar-refractivity contribution in [1.29, 1.82) is 0 Å². The van der Waals surface area contributed by atoms with Crippen molar-refractivity contribution in [3.63, 3.8) is 0 Å². The molecule has 0 bridgehead atoms. The molecular weight excluding hydrogens is 207 g/mol. The quantitative estimate of drug-likeness (QED) is 0.758. The highest BCUT2D eigenvalue weighted by atomic mass is 19.1. The third kappa shape index (κ3) is 1.54. The first-order chi connectivity index (χ1) is 7.74. The lowest BCUT2D eigenvalue weighted by Gasteiger charge is -1.98. The number of hydrogen-bond acceptors (Lipinski definition) is 3. The fraction of sp³-hybridized carbons (Fsp3) is 0.273. The minimum Gasteiger partial charge on any atom is -0.399 e. The molecule has 1 aliphatic rings. The molecular formula is C11H11FN4. The standard InChI is InChI=1S/C11H11FN4/c12-9-5-7(13)3-4-8(9)11-14-10(15-16-11)6-1-2-6/h3-6H,1-2,13H2,(H,14,15,16). The molecule has 0 spiro atoms. The number of nitrogens with zero attached hydrogens (tertiary/aromatic N) is 2. The summed E-state index contributed by atoms with van der Waals surface area (Å²) >= 11 is 0. The molecule has 0 atom stereocenters. The number of nitrogen functional groups attached to an aromatic ring is 1. The molecule has 16 heavy (non-hydrogen) atoms. The highest BCUT2D eigenvalue weighted by Crippen LogP contribution is 2.38. The Hall–Kier alpha value is -1.91. The summed E-state index contributed by atoms with van der Waals surface area (Å²) in [5, 5.41) is 6.87. The van der Waals surface area contributed by atoms with Crippen LogP contribution in [-0.2, 0) is 0 Å². The molecule has 0 unspecified atom stereocenters. The van der Waals surface area contributed by atoms with Crippen LogP contribution in [0.2, 0.25) is 0 Å². The van der Waals surface area contributed by atoms with Crippen LogP contribution in [0.4, 0.5) is 10.1 Å². The van der Waals surface area contributed by atoms with Crippen LogP contribution in [0.1, 0.15) is 24.6 Å². The van der Waals surface area contributed by atoms with Crippen molar-refractivity contribution in [2.45, 2.75) is 18.8 Å². The van der Waals surface area contributed by atoms with Gasteiger partial charge < -0.3 is 5.73 Å². The fourth-order valence-corrected chi connectivity index (χ4v) is 1.65. The van der Waals surface area contributed by atoms with E-state index in [2.05, 4.69) is 15.2 Å². The average molecular weight is 218 g/mol. The largest absolute Gasteiger partial charge is 0.399 e. The fourth-order valence-electron chi connectivity index (χ4n) is 1.65. The minimum absolute atomic E-state index is 0.386. The highest BCUT2D eigenvalue weighted by molar-refractivity contribution is 5.59. The van der Waals surface area contributed by atoms with E-state index in [0.717, 1.165) is 18.7 Å². The third-order valence-corrected chi connectivity index (χ3v) is 2.70. The molecule has 1 saturated carbocycles. The maximum atomic E-state index is 13.6. The topological polar surface area (TPSA) is 67.6 Å². The van der Waals surface area contributed by atoms with Gasteiger partial charge in [0.2, 0.25) is 0 Å². The molecule has 3 N–H and O–H groups in total. The lowest BCUT2D eigenvalue weighted by atomic mass is 10.2. The predicted octanol–water partition coefficient (Wildman–Crippen LogP) is 2.07. The van der Waals surface area contributed by atoms with Crippen LogP contribution in [0.25, 0.3) is 11.4 Å². The molecule has 0 saturated heterocycles. The van der Waals surface area contributed by atoms with E-state index in [4.69, 9.17) is 5.73 Å². The van der Waals surface area contributed by atoms with Crippen LogP contribution in [0, 0.1) is 5.82 Å². The van der Waals surface area contributed by atoms with Crippen molar-refractivity contribution >= 4 is 5.69 Å². The normalized spacial score (nSPS) is 15.3. The molecule has 3 rings (SSSR count). The van der Waals surface area contributed by atoms with Gasteiger partial charge in [-0.05, 0) is 31.0 Å². The van der Waals surface area contributed by atoms with Crippen molar-refractivity contribution in [2.24, 2.45) is 0 Å². The summed E-state index contributed by atoms with van der Waals surface area (Å²) in [5.41, 5.74) is 6.27. The van der Waals surface area contributed by atoms with E-state index in [9.17, 15) is 4.39 Å². The highest BCUT2D eigenvalue weighted by Gasteiger charge is 2.27. The lowest BCUT2D eigenvalue weighted by molar-refractivity contribution is 0.630. The molecule has 5 heteroatoms. The molecule has 1 fully saturated rings. The van der Waals surface area contributed by atoms with Crippen molar-refractivity contribution in [2.75, 3.05) is 5.73 Å². The Balaban J connectivity index is 2.00. The lowest BCUT2D eigenvalue weighted by Crippen LogP contribution is -1.90. The molecule has 82 valence electrons. The van der Waals surface area contributed by atoms with E-state index in [0.29, 0.717) is 23.0 Å². The van der Waals surface area contributed by atoms with Gasteiger partial charge in [-0.25, -0.2) is 9.37 Å². The Bertz CT molecular complexity index is 531. The Kier molecular flexibility index (Phi) is 1.92. The zero-order chi connectivity index (χ0) is 11.1. The summed E-state index contributed by atoms with van der Waals surface area (Å²) in [6.45, 7) is 0. The summed E-state index contributed by atoms with van der Waals surface area (Å²) in [6.07, 6.45) is 2.28. The van der Waals surface area contributed by atoms with Crippen LogP contribution in [-0.4, -0.2) is 15.2 Å². The first-order valence-corrected chi connectivity index (χ1v) is 5.22. The van der Waals surface area contributed by atoms with E-state index in [-0.39, 0.29) is 5.82 Å². The zero-order valence-electron chi connectivity index (χ0n) is 8.57. The second-order valence-electron chi connectivity index (χ2n) is 4.06. The molecule has 1 aromatic heterocycles. The predicted molar refractivity (Wildman–Crippen MR) is 58.2 cm³/mol. The first kappa shape index (κ1) is 9.33. The van der Waals surface area contributed by atoms with Gasteiger partial charge in [0.05, 0.1) is 5.56 Å². The van der Waals surface area contributed by atoms with E-state index in [1.54, 1.807) is 12.1 Å². The van der Waals surface area contributed by atoms with Crippen molar-refractivity contribution in [3.05, 3.63) is 29.8 Å². The number of aromatic amines is 1. The summed E-state index contributed by atoms with van der Waals surface area (Å²) in [7, 11) is 0. The molecule has 1 heterocycles. The number of rotatable bonds is 2. The maximum absolute atomic E-state index is 13.6. The summed E-state index contributed by atoms with van der Waals surface area (Å²) < 4.78 is 13.6. The second kappa shape index (κ2) is 3.30. The SMILES string of the molecule is Nc1ccc(-c2n[nH]c(C3CC3)n2)c(F)c1. The molecule has 0 radical (unpaired) electrons. The Morgan fingerprint density at radius 2 is 2.19 bits per heavy atom. The van der Waals surface area contributed by atoms with Crippen LogP contribution in [0.15, 0.2) is 18.2 Å². The van der Waals surface area contributed by atoms with Gasteiger partial charge in [0.15, 0.2) is 5.82 Å². The Morgan fingerprint density at radius 1 is 1.38 bits per heavy atom. The smallest absolute Gasteiger partial charge is 0.184 e. The summed E-state index contributed by atoms with van der Waals surface area (Å²) in [6, 6.07) is 4.53. The summed E-state index contributed by atoms with van der Waals surface area (Å²) in [4.78, 5) is 4.29. The van der Waals surface area contributed by atoms with Gasteiger partial charge in [-0.2, -0.15) is 5.10 Å². The van der Waals surface area contributed by atoms with Crippen LogP contribution in [0.3, 0.4) is 0 Å². The van der Waals surface area contributed by atoms with Crippen LogP contribution >= 0.6 is 0 Å². The zero-order valence-corrected chi connectivity index (χ0v) is 8.57. The van der Waals surface area contributed by atoms with Gasteiger partial charge in [-0.3, -0.25) is 5.10 Å². The number of halogens is 1. The molecule has 2 aromatic rings. The molecule has 0 aliphatic heterocycles. The van der Waals surface area contributed by atoms with E-state index in [1.807, 2.05) is 0 Å². The number of aromatic nitrogens is 3. The van der Waals surface area contributed by atoms with E-state index < -0.39 is 0 Å².